The summed E-state index contributed by atoms with van der Waals surface area (Å²) in [6.45, 7) is 3.90. The summed E-state index contributed by atoms with van der Waals surface area (Å²) in [6, 6.07) is 0.727. The topological polar surface area (TPSA) is 30.8 Å². The lowest BCUT2D eigenvalue weighted by molar-refractivity contribution is -0.144. The Labute approximate surface area is 291 Å². The van der Waals surface area contributed by atoms with Crippen molar-refractivity contribution in [2.45, 2.75) is 63.0 Å². The first kappa shape index (κ1) is 38.2. The van der Waals surface area contributed by atoms with E-state index in [0.717, 1.165) is 0 Å². The van der Waals surface area contributed by atoms with Gasteiger partial charge in [-0.2, -0.15) is 52.7 Å². The number of benzene rings is 2. The zero-order valence-electron chi connectivity index (χ0n) is 27.3. The van der Waals surface area contributed by atoms with Gasteiger partial charge in [-0.05, 0) is 79.0 Å². The first-order valence-corrected chi connectivity index (χ1v) is 17.4. The summed E-state index contributed by atoms with van der Waals surface area (Å²) in [5.41, 5.74) is -8.31. The van der Waals surface area contributed by atoms with Crippen molar-refractivity contribution >= 4 is 24.4 Å². The molecule has 0 aromatic heterocycles. The first-order chi connectivity index (χ1) is 24.1. The monoisotopic (exact) mass is 767 g/mol. The second-order valence-electron chi connectivity index (χ2n) is 13.3. The fourth-order valence-corrected chi connectivity index (χ4v) is 9.89. The molecule has 2 aliphatic carbocycles. The number of allylic oxidation sites excluding steroid dienone is 2. The van der Waals surface area contributed by atoms with Gasteiger partial charge in [-0.1, -0.05) is 50.3 Å². The predicted octanol–water partition coefficient (Wildman–Crippen LogP) is 10.4. The summed E-state index contributed by atoms with van der Waals surface area (Å²) in [5, 5.41) is -1.57. The molecule has 1 saturated heterocycles. The molecule has 3 atom stereocenters. The third-order valence-corrected chi connectivity index (χ3v) is 12.1. The van der Waals surface area contributed by atoms with E-state index in [1.54, 1.807) is 30.4 Å². The molecule has 2 unspecified atom stereocenters. The van der Waals surface area contributed by atoms with Crippen LogP contribution in [0.3, 0.4) is 0 Å². The van der Waals surface area contributed by atoms with Gasteiger partial charge in [-0.3, -0.25) is 0 Å². The Morgan fingerprint density at radius 2 is 1.19 bits per heavy atom. The molecule has 280 valence electrons. The largest absolute Gasteiger partial charge is 0.475 e. The summed E-state index contributed by atoms with van der Waals surface area (Å²) < 4.78 is 184. The number of aliphatic imine (C=N–C) groups is 1. The Morgan fingerprint density at radius 3 is 1.58 bits per heavy atom. The van der Waals surface area contributed by atoms with E-state index in [1.165, 1.54) is 6.08 Å². The Kier molecular flexibility index (Phi) is 9.81. The lowest BCUT2D eigenvalue weighted by atomic mass is 9.75. The van der Waals surface area contributed by atoms with Gasteiger partial charge >= 0.3 is 24.7 Å². The predicted molar refractivity (Wildman–Crippen MR) is 170 cm³/mol. The van der Waals surface area contributed by atoms with E-state index >= 15 is 0 Å². The Balaban J connectivity index is 1.74. The molecule has 0 N–H and O–H groups in total. The highest BCUT2D eigenvalue weighted by Gasteiger charge is 2.53. The van der Waals surface area contributed by atoms with Crippen molar-refractivity contribution in [3.63, 3.8) is 0 Å². The molecular formula is C36H30F12NO2P. The van der Waals surface area contributed by atoms with Crippen LogP contribution >= 0.6 is 7.92 Å². The zero-order valence-corrected chi connectivity index (χ0v) is 28.2. The number of alkyl halides is 12. The minimum atomic E-state index is -5.37. The van der Waals surface area contributed by atoms with Crippen LogP contribution < -0.4 is 10.6 Å². The van der Waals surface area contributed by atoms with E-state index in [4.69, 9.17) is 9.47 Å². The second kappa shape index (κ2) is 13.4. The normalized spacial score (nSPS) is 24.3. The molecule has 16 heteroatoms. The van der Waals surface area contributed by atoms with Crippen LogP contribution in [0.1, 0.15) is 48.9 Å². The van der Waals surface area contributed by atoms with Gasteiger partial charge < -0.3 is 9.47 Å². The van der Waals surface area contributed by atoms with Crippen molar-refractivity contribution in [1.29, 1.82) is 0 Å². The zero-order chi connectivity index (χ0) is 38.0. The average Bonchev–Trinajstić information content (AvgIpc) is 3.86. The van der Waals surface area contributed by atoms with E-state index < -0.39 is 89.0 Å². The average molecular weight is 768 g/mol. The number of hydrogen-bond acceptors (Lipinski definition) is 3. The summed E-state index contributed by atoms with van der Waals surface area (Å²) >= 11 is 0. The molecule has 4 aliphatic rings. The minimum absolute atomic E-state index is 0.0337. The lowest BCUT2D eigenvalue weighted by Crippen LogP contribution is -2.43. The maximum absolute atomic E-state index is 14.3. The standard InChI is InChI=1S/C36H30F12NO2P/c1-19(2)29-18-50-31(49-29)27-8-9-28(32(10-5-11-51-32)20-6-3-4-7-20)30(27)52(25-14-21(33(37,38)39)12-22(15-25)34(40,41)42)26-16-23(35(43,44)45)13-24(17-26)36(46,47)48/h3-4,6-9,12-17,19-20,28-29H,5,10-11,18H2,1-2H3/t28?,29-,32?/m1/s1. The van der Waals surface area contributed by atoms with Crippen LogP contribution in [0.4, 0.5) is 52.7 Å². The van der Waals surface area contributed by atoms with Crippen molar-refractivity contribution in [3.8, 4) is 0 Å². The number of ether oxygens (including phenoxy) is 2. The van der Waals surface area contributed by atoms with E-state index in [0.29, 0.717) is 37.1 Å². The van der Waals surface area contributed by atoms with Gasteiger partial charge in [0.25, 0.3) is 0 Å². The molecule has 2 heterocycles. The van der Waals surface area contributed by atoms with Crippen molar-refractivity contribution in [2.75, 3.05) is 13.2 Å². The number of nitrogens with zero attached hydrogens (tertiary/aromatic N) is 1. The van der Waals surface area contributed by atoms with Crippen LogP contribution in [-0.4, -0.2) is 30.8 Å². The van der Waals surface area contributed by atoms with Gasteiger partial charge in [0.1, 0.15) is 6.61 Å². The molecule has 0 amide bonds. The van der Waals surface area contributed by atoms with Gasteiger partial charge in [-0.25, -0.2) is 4.99 Å². The van der Waals surface area contributed by atoms with Gasteiger partial charge in [0.15, 0.2) is 0 Å². The molecule has 52 heavy (non-hydrogen) atoms. The maximum atomic E-state index is 14.3. The molecule has 2 aliphatic heterocycles. The molecule has 3 nitrogen and oxygen atoms in total. The molecule has 6 rings (SSSR count). The third-order valence-electron chi connectivity index (χ3n) is 9.52. The van der Waals surface area contributed by atoms with E-state index in [2.05, 4.69) is 4.99 Å². The molecule has 0 bridgehead atoms. The molecular weight excluding hydrogens is 737 g/mol. The van der Waals surface area contributed by atoms with Gasteiger partial charge in [0.05, 0.1) is 33.9 Å². The fourth-order valence-electron chi connectivity index (χ4n) is 6.97. The lowest BCUT2D eigenvalue weighted by Gasteiger charge is -2.41. The second-order valence-corrected chi connectivity index (χ2v) is 15.4. The van der Waals surface area contributed by atoms with Crippen LogP contribution in [0.5, 0.6) is 0 Å². The van der Waals surface area contributed by atoms with Crippen LogP contribution in [0.25, 0.3) is 0 Å². The molecule has 2 aromatic rings. The third kappa shape index (κ3) is 7.31. The number of rotatable bonds is 7. The van der Waals surface area contributed by atoms with Crippen molar-refractivity contribution in [3.05, 3.63) is 106 Å². The Morgan fingerprint density at radius 1 is 0.712 bits per heavy atom. The SMILES string of the molecule is CC(C)[C@H]1COC(C2=C(P(c3cc(C(F)(F)F)cc(C(F)(F)F)c3)c3cc(C(F)(F)F)cc(C(F)(F)F)c3)C(C3(C4C=CC=C4)CCCO3)C=C2)=N1. The molecule has 0 saturated carbocycles. The van der Waals surface area contributed by atoms with Gasteiger partial charge in [0, 0.05) is 24.0 Å². The van der Waals surface area contributed by atoms with E-state index in [1.807, 2.05) is 13.8 Å². The summed E-state index contributed by atoms with van der Waals surface area (Å²) in [6.07, 6.45) is -10.7. The van der Waals surface area contributed by atoms with Crippen LogP contribution in [0, 0.1) is 17.8 Å². The van der Waals surface area contributed by atoms with E-state index in [9.17, 15) is 52.7 Å². The summed E-state index contributed by atoms with van der Waals surface area (Å²) in [5.74, 6) is -1.72. The Bertz CT molecular complexity index is 1710. The smallest absolute Gasteiger partial charge is 0.416 e. The molecule has 0 radical (unpaired) electrons. The van der Waals surface area contributed by atoms with Crippen molar-refractivity contribution < 1.29 is 62.2 Å². The summed E-state index contributed by atoms with van der Waals surface area (Å²) in [7, 11) is -3.06. The van der Waals surface area contributed by atoms with Crippen LogP contribution in [0.2, 0.25) is 0 Å². The highest BCUT2D eigenvalue weighted by Crippen LogP contribution is 2.60. The van der Waals surface area contributed by atoms with Crippen molar-refractivity contribution in [1.82, 2.24) is 0 Å². The van der Waals surface area contributed by atoms with Crippen LogP contribution in [-0.2, 0) is 34.2 Å². The maximum Gasteiger partial charge on any atom is 0.416 e. The quantitative estimate of drug-likeness (QED) is 0.208. The summed E-state index contributed by atoms with van der Waals surface area (Å²) in [4.78, 5) is 4.60. The molecule has 0 spiro atoms. The highest BCUT2D eigenvalue weighted by atomic mass is 31.1. The van der Waals surface area contributed by atoms with Crippen molar-refractivity contribution in [2.24, 2.45) is 22.7 Å². The number of hydrogen-bond donors (Lipinski definition) is 0. The number of halogens is 12. The minimum Gasteiger partial charge on any atom is -0.475 e. The van der Waals surface area contributed by atoms with Crippen LogP contribution in [0.15, 0.2) is 88.7 Å². The molecule has 2 aromatic carbocycles. The Hall–Kier alpha value is -3.58. The fraction of sp³-hybridized carbons (Fsp3) is 0.417. The highest BCUT2D eigenvalue weighted by molar-refractivity contribution is 7.77. The van der Waals surface area contributed by atoms with E-state index in [-0.39, 0.29) is 48.0 Å². The molecule has 1 fully saturated rings. The van der Waals surface area contributed by atoms with Gasteiger partial charge in [-0.15, -0.1) is 0 Å². The van der Waals surface area contributed by atoms with Gasteiger partial charge in [0.2, 0.25) is 5.90 Å². The first-order valence-electron chi connectivity index (χ1n) is 16.1.